The molecule has 1 atom stereocenters. The van der Waals surface area contributed by atoms with E-state index in [9.17, 15) is 51.4 Å². The average Bonchev–Trinajstić information content (AvgIpc) is 3.21. The Bertz CT molecular complexity index is 1340. The van der Waals surface area contributed by atoms with Gasteiger partial charge in [0.05, 0.1) is 5.92 Å². The van der Waals surface area contributed by atoms with Crippen LogP contribution in [0.3, 0.4) is 0 Å². The van der Waals surface area contributed by atoms with E-state index in [0.29, 0.717) is 41.9 Å². The van der Waals surface area contributed by atoms with Gasteiger partial charge < -0.3 is 19.7 Å². The highest BCUT2D eigenvalue weighted by atomic mass is 19.4. The molecule has 0 bridgehead atoms. The molecule has 1 amide bonds. The second-order valence-electron chi connectivity index (χ2n) is 9.95. The van der Waals surface area contributed by atoms with E-state index in [1.807, 2.05) is 6.07 Å². The van der Waals surface area contributed by atoms with E-state index in [1.54, 1.807) is 31.4 Å². The Labute approximate surface area is 225 Å². The highest BCUT2D eigenvalue weighted by Crippen LogP contribution is 2.50. The average molecular weight is 572 g/mol. The molecule has 0 aliphatic carbocycles. The van der Waals surface area contributed by atoms with Gasteiger partial charge in [-0.1, -0.05) is 26.0 Å². The maximum Gasteiger partial charge on any atom is 0.430 e. The fraction of sp³-hybridized carbons (Fsp3) is 0.444. The fourth-order valence-electron chi connectivity index (χ4n) is 4.74. The van der Waals surface area contributed by atoms with E-state index in [0.717, 1.165) is 12.1 Å². The lowest BCUT2D eigenvalue weighted by atomic mass is 9.92. The molecule has 3 rings (SSSR count). The quantitative estimate of drug-likeness (QED) is 0.273. The van der Waals surface area contributed by atoms with Crippen molar-refractivity contribution in [3.05, 3.63) is 58.4 Å². The maximum absolute atomic E-state index is 13.3. The third-order valence-corrected chi connectivity index (χ3v) is 6.98. The molecule has 1 aliphatic rings. The number of piperidine rings is 1. The first-order valence-electron chi connectivity index (χ1n) is 12.3. The number of hydrogen-bond acceptors (Lipinski definition) is 4. The summed E-state index contributed by atoms with van der Waals surface area (Å²) < 4.78 is 81.3. The summed E-state index contributed by atoms with van der Waals surface area (Å²) in [5.74, 6) is -2.62. The summed E-state index contributed by atoms with van der Waals surface area (Å²) in [5, 5.41) is 28.7. The molecule has 1 aromatic heterocycles. The topological polar surface area (TPSA) is 107 Å². The van der Waals surface area contributed by atoms with Crippen LogP contribution in [0.2, 0.25) is 0 Å². The van der Waals surface area contributed by atoms with Gasteiger partial charge in [-0.15, -0.1) is 0 Å². The zero-order valence-electron chi connectivity index (χ0n) is 21.8. The van der Waals surface area contributed by atoms with Crippen LogP contribution in [-0.4, -0.2) is 57.0 Å². The molecule has 2 N–H and O–H groups in total. The van der Waals surface area contributed by atoms with E-state index in [1.165, 1.54) is 11.0 Å². The molecule has 1 saturated heterocycles. The van der Waals surface area contributed by atoms with Crippen molar-refractivity contribution >= 4 is 18.0 Å². The predicted molar refractivity (Wildman–Crippen MR) is 131 cm³/mol. The second-order valence-corrected chi connectivity index (χ2v) is 9.95. The molecule has 7 nitrogen and oxygen atoms in total. The van der Waals surface area contributed by atoms with Gasteiger partial charge in [0.2, 0.25) is 0 Å². The summed E-state index contributed by atoms with van der Waals surface area (Å²) in [6.45, 7) is 5.45. The summed E-state index contributed by atoms with van der Waals surface area (Å²) in [6.07, 6.45) is -9.84. The lowest BCUT2D eigenvalue weighted by molar-refractivity contribution is -0.376. The molecule has 1 aromatic carbocycles. The van der Waals surface area contributed by atoms with Crippen molar-refractivity contribution in [3.63, 3.8) is 0 Å². The summed E-state index contributed by atoms with van der Waals surface area (Å²) in [5.41, 5.74) is -5.07. The van der Waals surface area contributed by atoms with Crippen molar-refractivity contribution in [2.75, 3.05) is 13.1 Å². The summed E-state index contributed by atoms with van der Waals surface area (Å²) in [4.78, 5) is 25.7. The molecule has 1 aliphatic heterocycles. The van der Waals surface area contributed by atoms with Crippen molar-refractivity contribution in [1.82, 2.24) is 9.47 Å². The van der Waals surface area contributed by atoms with Gasteiger partial charge in [0.15, 0.2) is 0 Å². The molecule has 13 heteroatoms. The van der Waals surface area contributed by atoms with E-state index < -0.39 is 41.3 Å². The van der Waals surface area contributed by atoms with Gasteiger partial charge in [0.25, 0.3) is 11.5 Å². The van der Waals surface area contributed by atoms with E-state index in [2.05, 4.69) is 0 Å². The Hall–Kier alpha value is -3.79. The van der Waals surface area contributed by atoms with Crippen LogP contribution in [0.4, 0.5) is 26.3 Å². The van der Waals surface area contributed by atoms with Gasteiger partial charge in [0, 0.05) is 35.7 Å². The van der Waals surface area contributed by atoms with Gasteiger partial charge in [0.1, 0.15) is 11.6 Å². The van der Waals surface area contributed by atoms with Crippen LogP contribution in [-0.2, 0) is 15.2 Å². The smallest absolute Gasteiger partial charge is 0.430 e. The largest absolute Gasteiger partial charge is 0.481 e. The zero-order chi connectivity index (χ0) is 30.2. The van der Waals surface area contributed by atoms with Crippen molar-refractivity contribution in [2.45, 2.75) is 57.5 Å². The van der Waals surface area contributed by atoms with Gasteiger partial charge >= 0.3 is 18.3 Å². The minimum Gasteiger partial charge on any atom is -0.481 e. The number of carbonyl (C=O) groups excluding carboxylic acids is 1. The minimum absolute atomic E-state index is 0.0427. The van der Waals surface area contributed by atoms with Gasteiger partial charge in [-0.05, 0) is 55.5 Å². The van der Waals surface area contributed by atoms with Crippen LogP contribution in [0.25, 0.3) is 11.8 Å². The molecular formula is C27H27F6N3O4. The number of aromatic nitrogens is 1. The molecule has 0 radical (unpaired) electrons. The number of aliphatic hydroxyl groups is 1. The number of benzene rings is 1. The standard InChI is InChI=1S/C27H27F6N3O4/c1-15(2)22-12-18(11-19(13-34)23(37)35-10-4-5-17(14-35)24(38)39)16(3)36(22)21-8-6-20(7-9-21)25(40,26(28,29)30)27(31,32)33/h6-9,11-12,15,17,40H,4-5,10,14H2,1-3H3,(H,38,39)/b19-11+. The van der Waals surface area contributed by atoms with Crippen molar-refractivity contribution < 1.29 is 46.1 Å². The zero-order valence-corrected chi connectivity index (χ0v) is 21.8. The van der Waals surface area contributed by atoms with Gasteiger partial charge in [-0.2, -0.15) is 31.6 Å². The summed E-state index contributed by atoms with van der Waals surface area (Å²) in [7, 11) is 0. The Balaban J connectivity index is 2.04. The number of nitrogens with zero attached hydrogens (tertiary/aromatic N) is 3. The van der Waals surface area contributed by atoms with Crippen molar-refractivity contribution in [3.8, 4) is 11.8 Å². The van der Waals surface area contributed by atoms with E-state index >= 15 is 0 Å². The lowest BCUT2D eigenvalue weighted by Crippen LogP contribution is -2.53. The molecule has 1 unspecified atom stereocenters. The molecule has 216 valence electrons. The molecule has 0 saturated carbocycles. The third-order valence-electron chi connectivity index (χ3n) is 6.98. The number of amides is 1. The fourth-order valence-corrected chi connectivity index (χ4v) is 4.74. The molecular weight excluding hydrogens is 544 g/mol. The molecule has 40 heavy (non-hydrogen) atoms. The van der Waals surface area contributed by atoms with Crippen molar-refractivity contribution in [2.24, 2.45) is 5.92 Å². The summed E-state index contributed by atoms with van der Waals surface area (Å²) >= 11 is 0. The number of aliphatic carboxylic acids is 1. The van der Waals surface area contributed by atoms with Crippen molar-refractivity contribution in [1.29, 1.82) is 5.26 Å². The van der Waals surface area contributed by atoms with E-state index in [-0.39, 0.29) is 30.3 Å². The first-order chi connectivity index (χ1) is 18.4. The maximum atomic E-state index is 13.3. The number of carboxylic acid groups (broad SMARTS) is 1. The lowest BCUT2D eigenvalue weighted by Gasteiger charge is -2.32. The normalized spacial score (nSPS) is 17.2. The van der Waals surface area contributed by atoms with Crippen LogP contribution >= 0.6 is 0 Å². The monoisotopic (exact) mass is 571 g/mol. The molecule has 2 aromatic rings. The molecule has 2 heterocycles. The van der Waals surface area contributed by atoms with Crippen LogP contribution in [0.15, 0.2) is 35.9 Å². The Morgan fingerprint density at radius 1 is 1.10 bits per heavy atom. The first-order valence-corrected chi connectivity index (χ1v) is 12.3. The Morgan fingerprint density at radius 3 is 2.15 bits per heavy atom. The van der Waals surface area contributed by atoms with Gasteiger partial charge in [-0.3, -0.25) is 9.59 Å². The minimum atomic E-state index is -6.02. The number of hydrogen-bond donors (Lipinski definition) is 2. The highest BCUT2D eigenvalue weighted by Gasteiger charge is 2.71. The first kappa shape index (κ1) is 30.7. The SMILES string of the molecule is Cc1c(/C=C(\C#N)C(=O)N2CCCC(C(=O)O)C2)cc(C(C)C)n1-c1ccc(C(O)(C(F)(F)F)C(F)(F)F)cc1. The van der Waals surface area contributed by atoms with E-state index in [4.69, 9.17) is 0 Å². The number of carboxylic acids is 1. The predicted octanol–water partition coefficient (Wildman–Crippen LogP) is 5.45. The number of likely N-dealkylation sites (tertiary alicyclic amines) is 1. The van der Waals surface area contributed by atoms with Crippen LogP contribution in [0, 0.1) is 24.2 Å². The van der Waals surface area contributed by atoms with Crippen LogP contribution in [0.5, 0.6) is 0 Å². The summed E-state index contributed by atoms with van der Waals surface area (Å²) in [6, 6.07) is 6.62. The number of nitriles is 1. The Morgan fingerprint density at radius 2 is 1.68 bits per heavy atom. The number of rotatable bonds is 6. The van der Waals surface area contributed by atoms with Crippen LogP contribution in [0.1, 0.15) is 55.1 Å². The molecule has 0 spiro atoms. The van der Waals surface area contributed by atoms with Gasteiger partial charge in [-0.25, -0.2) is 0 Å². The molecule has 1 fully saturated rings. The second kappa shape index (κ2) is 11.0. The number of alkyl halides is 6. The number of halogens is 6. The highest BCUT2D eigenvalue weighted by molar-refractivity contribution is 6.02. The number of carbonyl (C=O) groups is 2. The Kier molecular flexibility index (Phi) is 8.45. The van der Waals surface area contributed by atoms with Crippen LogP contribution < -0.4 is 0 Å². The third kappa shape index (κ3) is 5.58.